The Labute approximate surface area is 130 Å². The highest BCUT2D eigenvalue weighted by Gasteiger charge is 2.20. The average Bonchev–Trinajstić information content (AvgIpc) is 2.97. The first kappa shape index (κ1) is 16.3. The van der Waals surface area contributed by atoms with Crippen LogP contribution in [0.2, 0.25) is 0 Å². The average molecular weight is 306 g/mol. The Morgan fingerprint density at radius 1 is 1.36 bits per heavy atom. The van der Waals surface area contributed by atoms with Gasteiger partial charge < -0.3 is 20.1 Å². The molecule has 0 unspecified atom stereocenters. The van der Waals surface area contributed by atoms with Gasteiger partial charge in [0, 0.05) is 12.6 Å². The van der Waals surface area contributed by atoms with Gasteiger partial charge in [-0.2, -0.15) is 0 Å². The van der Waals surface area contributed by atoms with E-state index >= 15 is 0 Å². The number of nitrogens with one attached hydrogen (secondary N) is 2. The molecular formula is C16H22N2O4. The number of benzene rings is 1. The van der Waals surface area contributed by atoms with E-state index in [0.717, 1.165) is 19.4 Å². The molecule has 1 saturated heterocycles. The first-order valence-corrected chi connectivity index (χ1v) is 7.51. The molecule has 1 aliphatic rings. The molecule has 6 nitrogen and oxygen atoms in total. The van der Waals surface area contributed by atoms with Crippen LogP contribution < -0.4 is 10.6 Å². The number of amides is 2. The smallest absolute Gasteiger partial charge is 0.340 e. The number of urea groups is 1. The Morgan fingerprint density at radius 2 is 2.14 bits per heavy atom. The van der Waals surface area contributed by atoms with Gasteiger partial charge in [0.15, 0.2) is 0 Å². The van der Waals surface area contributed by atoms with Gasteiger partial charge in [0.2, 0.25) is 0 Å². The third kappa shape index (κ3) is 4.73. The third-order valence-corrected chi connectivity index (χ3v) is 3.24. The normalized spacial score (nSPS) is 17.3. The van der Waals surface area contributed by atoms with E-state index in [0.29, 0.717) is 11.3 Å². The van der Waals surface area contributed by atoms with Crippen LogP contribution in [0.5, 0.6) is 0 Å². The first-order chi connectivity index (χ1) is 10.6. The molecule has 2 amide bonds. The molecule has 0 spiro atoms. The molecule has 2 N–H and O–H groups in total. The maximum atomic E-state index is 12.2. The third-order valence-electron chi connectivity index (χ3n) is 3.24. The zero-order valence-corrected chi connectivity index (χ0v) is 12.9. The summed E-state index contributed by atoms with van der Waals surface area (Å²) in [6.45, 7) is 4.68. The van der Waals surface area contributed by atoms with E-state index in [1.165, 1.54) is 0 Å². The predicted octanol–water partition coefficient (Wildman–Crippen LogP) is 2.55. The van der Waals surface area contributed by atoms with Gasteiger partial charge in [0.25, 0.3) is 0 Å². The van der Waals surface area contributed by atoms with Crippen molar-refractivity contribution in [2.45, 2.75) is 38.8 Å². The maximum Gasteiger partial charge on any atom is 0.340 e. The second-order valence-electron chi connectivity index (χ2n) is 5.53. The molecule has 2 rings (SSSR count). The maximum absolute atomic E-state index is 12.2. The standard InChI is InChI=1S/C16H22N2O4/c1-11(2)17-16(20)18-14-8-4-3-7-13(14)15(19)22-10-12-6-5-9-21-12/h3-4,7-8,11-12H,5-6,9-10H2,1-2H3,(H2,17,18,20)/t12-/m0/s1. The van der Waals surface area contributed by atoms with E-state index in [9.17, 15) is 9.59 Å². The predicted molar refractivity (Wildman–Crippen MR) is 83.0 cm³/mol. The molecular weight excluding hydrogens is 284 g/mol. The van der Waals surface area contributed by atoms with Crippen LogP contribution in [-0.2, 0) is 9.47 Å². The van der Waals surface area contributed by atoms with Crippen LogP contribution in [0, 0.1) is 0 Å². The first-order valence-electron chi connectivity index (χ1n) is 7.51. The highest BCUT2D eigenvalue weighted by Crippen LogP contribution is 2.18. The molecule has 0 radical (unpaired) electrons. The number of ether oxygens (including phenoxy) is 2. The minimum Gasteiger partial charge on any atom is -0.459 e. The highest BCUT2D eigenvalue weighted by molar-refractivity contribution is 6.00. The lowest BCUT2D eigenvalue weighted by molar-refractivity contribution is 0.0162. The Hall–Kier alpha value is -2.08. The molecule has 0 bridgehead atoms. The lowest BCUT2D eigenvalue weighted by Crippen LogP contribution is -2.34. The Kier molecular flexibility index (Phi) is 5.77. The van der Waals surface area contributed by atoms with E-state index in [1.807, 2.05) is 13.8 Å². The topological polar surface area (TPSA) is 76.7 Å². The molecule has 1 aromatic carbocycles. The molecule has 1 fully saturated rings. The molecule has 0 aliphatic carbocycles. The van der Waals surface area contributed by atoms with Gasteiger partial charge in [-0.3, -0.25) is 0 Å². The fraction of sp³-hybridized carbons (Fsp3) is 0.500. The Morgan fingerprint density at radius 3 is 2.82 bits per heavy atom. The zero-order chi connectivity index (χ0) is 15.9. The number of anilines is 1. The summed E-state index contributed by atoms with van der Waals surface area (Å²) < 4.78 is 10.7. The largest absolute Gasteiger partial charge is 0.459 e. The summed E-state index contributed by atoms with van der Waals surface area (Å²) in [7, 11) is 0. The van der Waals surface area contributed by atoms with Crippen molar-refractivity contribution < 1.29 is 19.1 Å². The number of carbonyl (C=O) groups is 2. The second kappa shape index (κ2) is 7.79. The summed E-state index contributed by atoms with van der Waals surface area (Å²) in [5.74, 6) is -0.462. The highest BCUT2D eigenvalue weighted by atomic mass is 16.6. The quantitative estimate of drug-likeness (QED) is 0.820. The minimum absolute atomic E-state index is 0.0126. The van der Waals surface area contributed by atoms with Crippen LogP contribution in [0.15, 0.2) is 24.3 Å². The van der Waals surface area contributed by atoms with E-state index in [2.05, 4.69) is 10.6 Å². The van der Waals surface area contributed by atoms with E-state index < -0.39 is 5.97 Å². The van der Waals surface area contributed by atoms with Gasteiger partial charge in [0.1, 0.15) is 6.61 Å². The minimum atomic E-state index is -0.462. The SMILES string of the molecule is CC(C)NC(=O)Nc1ccccc1C(=O)OC[C@@H]1CCCO1. The van der Waals surface area contributed by atoms with Crippen molar-refractivity contribution in [2.75, 3.05) is 18.5 Å². The number of para-hydroxylation sites is 1. The van der Waals surface area contributed by atoms with E-state index in [1.54, 1.807) is 24.3 Å². The van der Waals surface area contributed by atoms with Crippen molar-refractivity contribution in [3.63, 3.8) is 0 Å². The van der Waals surface area contributed by atoms with Gasteiger partial charge in [0.05, 0.1) is 17.4 Å². The molecule has 1 aromatic rings. The van der Waals surface area contributed by atoms with Crippen LogP contribution in [0.3, 0.4) is 0 Å². The van der Waals surface area contributed by atoms with Crippen molar-refractivity contribution in [2.24, 2.45) is 0 Å². The van der Waals surface area contributed by atoms with Gasteiger partial charge in [-0.25, -0.2) is 9.59 Å². The summed E-state index contributed by atoms with van der Waals surface area (Å²) >= 11 is 0. The summed E-state index contributed by atoms with van der Waals surface area (Å²) in [5.41, 5.74) is 0.761. The van der Waals surface area contributed by atoms with E-state index in [4.69, 9.17) is 9.47 Å². The van der Waals surface area contributed by atoms with Crippen LogP contribution in [0.4, 0.5) is 10.5 Å². The monoisotopic (exact) mass is 306 g/mol. The molecule has 22 heavy (non-hydrogen) atoms. The molecule has 120 valence electrons. The van der Waals surface area contributed by atoms with Gasteiger partial charge in [-0.1, -0.05) is 12.1 Å². The van der Waals surface area contributed by atoms with Crippen molar-refractivity contribution in [3.8, 4) is 0 Å². The number of rotatable bonds is 5. The lowest BCUT2D eigenvalue weighted by Gasteiger charge is -2.14. The number of hydrogen-bond acceptors (Lipinski definition) is 4. The summed E-state index contributed by atoms with van der Waals surface area (Å²) in [6.07, 6.45) is 1.88. The number of hydrogen-bond donors (Lipinski definition) is 2. The van der Waals surface area contributed by atoms with Crippen molar-refractivity contribution in [1.82, 2.24) is 5.32 Å². The molecule has 6 heteroatoms. The molecule has 1 heterocycles. The summed E-state index contributed by atoms with van der Waals surface area (Å²) in [5, 5.41) is 5.38. The summed E-state index contributed by atoms with van der Waals surface area (Å²) in [6, 6.07) is 6.44. The van der Waals surface area contributed by atoms with Gasteiger partial charge >= 0.3 is 12.0 Å². The van der Waals surface area contributed by atoms with Gasteiger partial charge in [-0.15, -0.1) is 0 Å². The van der Waals surface area contributed by atoms with Crippen molar-refractivity contribution in [1.29, 1.82) is 0 Å². The van der Waals surface area contributed by atoms with Gasteiger partial charge in [-0.05, 0) is 38.8 Å². The number of carbonyl (C=O) groups excluding carboxylic acids is 2. The van der Waals surface area contributed by atoms with Crippen LogP contribution in [0.1, 0.15) is 37.0 Å². The van der Waals surface area contributed by atoms with Crippen LogP contribution in [-0.4, -0.2) is 37.4 Å². The molecule has 0 aromatic heterocycles. The summed E-state index contributed by atoms with van der Waals surface area (Å²) in [4.78, 5) is 23.9. The fourth-order valence-electron chi connectivity index (χ4n) is 2.21. The van der Waals surface area contributed by atoms with E-state index in [-0.39, 0.29) is 24.8 Å². The Bertz CT molecular complexity index is 525. The Balaban J connectivity index is 1.97. The van der Waals surface area contributed by atoms with Crippen molar-refractivity contribution in [3.05, 3.63) is 29.8 Å². The molecule has 1 atom stereocenters. The lowest BCUT2D eigenvalue weighted by atomic mass is 10.2. The molecule has 1 aliphatic heterocycles. The number of esters is 1. The fourth-order valence-corrected chi connectivity index (χ4v) is 2.21. The van der Waals surface area contributed by atoms with Crippen LogP contribution >= 0.6 is 0 Å². The molecule has 0 saturated carbocycles. The second-order valence-corrected chi connectivity index (χ2v) is 5.53. The van der Waals surface area contributed by atoms with Crippen LogP contribution in [0.25, 0.3) is 0 Å². The van der Waals surface area contributed by atoms with Crippen molar-refractivity contribution >= 4 is 17.7 Å². The zero-order valence-electron chi connectivity index (χ0n) is 12.9.